The minimum atomic E-state index is -0.716. The van der Waals surface area contributed by atoms with Crippen molar-refractivity contribution in [3.05, 3.63) is 35.4 Å². The van der Waals surface area contributed by atoms with Crippen LogP contribution in [0.25, 0.3) is 0 Å². The number of benzene rings is 1. The summed E-state index contributed by atoms with van der Waals surface area (Å²) in [6.07, 6.45) is 1.41. The summed E-state index contributed by atoms with van der Waals surface area (Å²) in [6, 6.07) is 10.5. The zero-order valence-corrected chi connectivity index (χ0v) is 11.8. The lowest BCUT2D eigenvalue weighted by molar-refractivity contribution is -0.134. The summed E-state index contributed by atoms with van der Waals surface area (Å²) in [4.78, 5) is 13.8. The molecule has 0 atom stereocenters. The minimum absolute atomic E-state index is 0.0389. The quantitative estimate of drug-likeness (QED) is 0.831. The molecule has 0 bridgehead atoms. The third-order valence-electron chi connectivity index (χ3n) is 3.79. The van der Waals surface area contributed by atoms with Gasteiger partial charge in [0, 0.05) is 13.6 Å². The van der Waals surface area contributed by atoms with E-state index in [1.807, 2.05) is 0 Å². The van der Waals surface area contributed by atoms with E-state index in [1.165, 1.54) is 5.56 Å². The van der Waals surface area contributed by atoms with Gasteiger partial charge in [0.05, 0.1) is 6.07 Å². The Bertz CT molecular complexity index is 507. The maximum atomic E-state index is 12.1. The third-order valence-corrected chi connectivity index (χ3v) is 3.79. The average molecular weight is 256 g/mol. The second-order valence-corrected chi connectivity index (χ2v) is 5.75. The van der Waals surface area contributed by atoms with Crippen molar-refractivity contribution in [2.45, 2.75) is 39.2 Å². The van der Waals surface area contributed by atoms with Crippen molar-refractivity contribution >= 4 is 5.91 Å². The lowest BCUT2D eigenvalue weighted by atomic mass is 10.0. The van der Waals surface area contributed by atoms with Crippen molar-refractivity contribution in [3.8, 4) is 6.07 Å². The van der Waals surface area contributed by atoms with Crippen molar-refractivity contribution in [2.24, 2.45) is 5.41 Å². The maximum Gasteiger partial charge on any atom is 0.243 e. The smallest absolute Gasteiger partial charge is 0.243 e. The SMILES string of the molecule is CC(C)c1ccc(CN(C)C(=O)C2(C#N)CC2)cc1. The molecule has 100 valence electrons. The van der Waals surface area contributed by atoms with Gasteiger partial charge < -0.3 is 4.90 Å². The molecule has 3 nitrogen and oxygen atoms in total. The second kappa shape index (κ2) is 5.05. The predicted molar refractivity (Wildman–Crippen MR) is 74.3 cm³/mol. The number of hydrogen-bond donors (Lipinski definition) is 0. The van der Waals surface area contributed by atoms with Crippen molar-refractivity contribution < 1.29 is 4.79 Å². The highest BCUT2D eigenvalue weighted by Gasteiger charge is 2.51. The molecular weight excluding hydrogens is 236 g/mol. The Kier molecular flexibility index (Phi) is 3.61. The molecule has 0 heterocycles. The van der Waals surface area contributed by atoms with Gasteiger partial charge in [0.1, 0.15) is 5.41 Å². The van der Waals surface area contributed by atoms with Gasteiger partial charge in [0.25, 0.3) is 0 Å². The van der Waals surface area contributed by atoms with E-state index in [1.54, 1.807) is 11.9 Å². The molecule has 0 saturated heterocycles. The summed E-state index contributed by atoms with van der Waals surface area (Å²) in [5.74, 6) is 0.477. The van der Waals surface area contributed by atoms with E-state index in [0.717, 1.165) is 5.56 Å². The van der Waals surface area contributed by atoms with Crippen LogP contribution in [0, 0.1) is 16.7 Å². The van der Waals surface area contributed by atoms with E-state index >= 15 is 0 Å². The lowest BCUT2D eigenvalue weighted by Crippen LogP contribution is -2.32. The first-order chi connectivity index (χ1) is 8.98. The van der Waals surface area contributed by atoms with E-state index in [4.69, 9.17) is 5.26 Å². The molecule has 1 fully saturated rings. The van der Waals surface area contributed by atoms with Gasteiger partial charge in [0.2, 0.25) is 5.91 Å². The summed E-state index contributed by atoms with van der Waals surface area (Å²) >= 11 is 0. The first kappa shape index (κ1) is 13.6. The first-order valence-electron chi connectivity index (χ1n) is 6.74. The molecule has 0 radical (unpaired) electrons. The molecule has 19 heavy (non-hydrogen) atoms. The van der Waals surface area contributed by atoms with Crippen LogP contribution in [0.1, 0.15) is 43.7 Å². The van der Waals surface area contributed by atoms with Crippen molar-refractivity contribution in [3.63, 3.8) is 0 Å². The van der Waals surface area contributed by atoms with E-state index < -0.39 is 5.41 Å². The van der Waals surface area contributed by atoms with Gasteiger partial charge in [-0.15, -0.1) is 0 Å². The number of carbonyl (C=O) groups is 1. The van der Waals surface area contributed by atoms with Gasteiger partial charge in [-0.1, -0.05) is 38.1 Å². The molecule has 1 amide bonds. The van der Waals surface area contributed by atoms with Crippen LogP contribution in [-0.2, 0) is 11.3 Å². The minimum Gasteiger partial charge on any atom is -0.340 e. The lowest BCUT2D eigenvalue weighted by Gasteiger charge is -2.20. The van der Waals surface area contributed by atoms with Crippen molar-refractivity contribution in [2.75, 3.05) is 7.05 Å². The van der Waals surface area contributed by atoms with Gasteiger partial charge in [-0.3, -0.25) is 4.79 Å². The summed E-state index contributed by atoms with van der Waals surface area (Å²) in [5.41, 5.74) is 1.69. The van der Waals surface area contributed by atoms with Gasteiger partial charge in [-0.2, -0.15) is 5.26 Å². The summed E-state index contributed by atoms with van der Waals surface area (Å²) < 4.78 is 0. The fourth-order valence-electron chi connectivity index (χ4n) is 2.22. The molecule has 3 heteroatoms. The molecule has 1 aliphatic carbocycles. The maximum absolute atomic E-state index is 12.1. The Morgan fingerprint density at radius 2 is 1.95 bits per heavy atom. The highest BCUT2D eigenvalue weighted by Crippen LogP contribution is 2.46. The number of nitrogens with zero attached hydrogens (tertiary/aromatic N) is 2. The van der Waals surface area contributed by atoms with Crippen LogP contribution in [0.4, 0.5) is 0 Å². The van der Waals surface area contributed by atoms with Gasteiger partial charge in [-0.05, 0) is 29.9 Å². The average Bonchev–Trinajstić information content (AvgIpc) is 3.19. The molecule has 1 saturated carbocycles. The Hall–Kier alpha value is -1.82. The van der Waals surface area contributed by atoms with Crippen LogP contribution in [0.3, 0.4) is 0 Å². The standard InChI is InChI=1S/C16H20N2O/c1-12(2)14-6-4-13(5-7-14)10-18(3)15(19)16(11-17)8-9-16/h4-7,12H,8-10H2,1-3H3. The zero-order valence-electron chi connectivity index (χ0n) is 11.8. The summed E-state index contributed by atoms with van der Waals surface area (Å²) in [7, 11) is 1.77. The van der Waals surface area contributed by atoms with E-state index in [0.29, 0.717) is 25.3 Å². The molecule has 1 aliphatic rings. The number of carbonyl (C=O) groups excluding carboxylic acids is 1. The van der Waals surface area contributed by atoms with E-state index in [9.17, 15) is 4.79 Å². The van der Waals surface area contributed by atoms with Gasteiger partial charge in [-0.25, -0.2) is 0 Å². The third kappa shape index (κ3) is 2.78. The van der Waals surface area contributed by atoms with Crippen molar-refractivity contribution in [1.82, 2.24) is 4.90 Å². The van der Waals surface area contributed by atoms with Gasteiger partial charge >= 0.3 is 0 Å². The molecule has 2 rings (SSSR count). The Balaban J connectivity index is 2.01. The fourth-order valence-corrected chi connectivity index (χ4v) is 2.22. The molecule has 0 N–H and O–H groups in total. The van der Waals surface area contributed by atoms with Crippen LogP contribution < -0.4 is 0 Å². The first-order valence-corrected chi connectivity index (χ1v) is 6.74. The molecule has 1 aromatic carbocycles. The second-order valence-electron chi connectivity index (χ2n) is 5.75. The zero-order chi connectivity index (χ0) is 14.0. The Labute approximate surface area is 114 Å². The molecule has 0 aromatic heterocycles. The highest BCUT2D eigenvalue weighted by molar-refractivity contribution is 5.88. The normalized spacial score (nSPS) is 15.9. The largest absolute Gasteiger partial charge is 0.340 e. The Morgan fingerprint density at radius 1 is 1.37 bits per heavy atom. The molecule has 0 spiro atoms. The molecule has 1 aromatic rings. The van der Waals surface area contributed by atoms with Crippen LogP contribution >= 0.6 is 0 Å². The summed E-state index contributed by atoms with van der Waals surface area (Å²) in [5, 5.41) is 9.04. The highest BCUT2D eigenvalue weighted by atomic mass is 16.2. The molecular formula is C16H20N2O. The van der Waals surface area contributed by atoms with E-state index in [2.05, 4.69) is 44.2 Å². The fraction of sp³-hybridized carbons (Fsp3) is 0.500. The number of rotatable bonds is 4. The topological polar surface area (TPSA) is 44.1 Å². The monoisotopic (exact) mass is 256 g/mol. The number of nitriles is 1. The van der Waals surface area contributed by atoms with Crippen LogP contribution in [-0.4, -0.2) is 17.9 Å². The predicted octanol–water partition coefficient (Wildman–Crippen LogP) is 3.07. The molecule has 0 unspecified atom stereocenters. The Morgan fingerprint density at radius 3 is 2.37 bits per heavy atom. The van der Waals surface area contributed by atoms with Crippen LogP contribution in [0.2, 0.25) is 0 Å². The van der Waals surface area contributed by atoms with Crippen molar-refractivity contribution in [1.29, 1.82) is 5.26 Å². The summed E-state index contributed by atoms with van der Waals surface area (Å²) in [6.45, 7) is 4.89. The van der Waals surface area contributed by atoms with Crippen LogP contribution in [0.15, 0.2) is 24.3 Å². The molecule has 0 aliphatic heterocycles. The number of amides is 1. The number of hydrogen-bond acceptors (Lipinski definition) is 2. The van der Waals surface area contributed by atoms with Crippen LogP contribution in [0.5, 0.6) is 0 Å². The van der Waals surface area contributed by atoms with E-state index in [-0.39, 0.29) is 5.91 Å². The van der Waals surface area contributed by atoms with Gasteiger partial charge in [0.15, 0.2) is 0 Å².